The van der Waals surface area contributed by atoms with Gasteiger partial charge in [0.2, 0.25) is 5.91 Å². The minimum absolute atomic E-state index is 0.0681. The van der Waals surface area contributed by atoms with E-state index in [1.54, 1.807) is 29.0 Å². The summed E-state index contributed by atoms with van der Waals surface area (Å²) in [5.74, 6) is -1.76. The van der Waals surface area contributed by atoms with Crippen LogP contribution in [0.2, 0.25) is 0 Å². The van der Waals surface area contributed by atoms with E-state index in [1.165, 1.54) is 0 Å². The summed E-state index contributed by atoms with van der Waals surface area (Å²) in [6, 6.07) is 12.7. The van der Waals surface area contributed by atoms with E-state index < -0.39 is 11.9 Å². The third kappa shape index (κ3) is 2.97. The van der Waals surface area contributed by atoms with Gasteiger partial charge in [0, 0.05) is 37.8 Å². The summed E-state index contributed by atoms with van der Waals surface area (Å²) in [6.07, 6.45) is 1.04. The first kappa shape index (κ1) is 17.3. The Morgan fingerprint density at radius 2 is 1.85 bits per heavy atom. The van der Waals surface area contributed by atoms with E-state index in [4.69, 9.17) is 0 Å². The van der Waals surface area contributed by atoms with Crippen molar-refractivity contribution >= 4 is 23.5 Å². The summed E-state index contributed by atoms with van der Waals surface area (Å²) < 4.78 is 0. The first-order valence-corrected chi connectivity index (χ1v) is 8.95. The van der Waals surface area contributed by atoms with Gasteiger partial charge in [0.25, 0.3) is 5.91 Å². The molecule has 27 heavy (non-hydrogen) atoms. The van der Waals surface area contributed by atoms with Crippen molar-refractivity contribution in [1.29, 1.82) is 0 Å². The third-order valence-corrected chi connectivity index (χ3v) is 5.45. The van der Waals surface area contributed by atoms with Crippen molar-refractivity contribution in [3.8, 4) is 0 Å². The number of hydrogen-bond donors (Lipinski definition) is 1. The minimum Gasteiger partial charge on any atom is -0.481 e. The molecule has 0 aliphatic carbocycles. The van der Waals surface area contributed by atoms with E-state index in [-0.39, 0.29) is 18.4 Å². The van der Waals surface area contributed by atoms with Crippen LogP contribution in [0.4, 0.5) is 5.69 Å². The van der Waals surface area contributed by atoms with Crippen LogP contribution in [0.3, 0.4) is 0 Å². The summed E-state index contributed by atoms with van der Waals surface area (Å²) >= 11 is 0. The molecule has 0 aromatic heterocycles. The zero-order valence-corrected chi connectivity index (χ0v) is 15.0. The highest BCUT2D eigenvalue weighted by Crippen LogP contribution is 2.31. The van der Waals surface area contributed by atoms with Gasteiger partial charge in [-0.15, -0.1) is 0 Å². The number of rotatable bonds is 2. The minimum atomic E-state index is -0.925. The molecule has 6 nitrogen and oxygen atoms in total. The van der Waals surface area contributed by atoms with Gasteiger partial charge in [-0.1, -0.05) is 24.3 Å². The van der Waals surface area contributed by atoms with E-state index in [0.717, 1.165) is 22.4 Å². The predicted molar refractivity (Wildman–Crippen MR) is 99.7 cm³/mol. The lowest BCUT2D eigenvalue weighted by molar-refractivity contribution is -0.139. The molecule has 0 bridgehead atoms. The van der Waals surface area contributed by atoms with Gasteiger partial charge in [0.15, 0.2) is 0 Å². The highest BCUT2D eigenvalue weighted by molar-refractivity contribution is 5.99. The number of carbonyl (C=O) groups excluding carboxylic acids is 2. The fourth-order valence-electron chi connectivity index (χ4n) is 3.95. The van der Waals surface area contributed by atoms with Gasteiger partial charge in [-0.3, -0.25) is 14.4 Å². The van der Waals surface area contributed by atoms with Crippen LogP contribution in [-0.2, 0) is 22.6 Å². The lowest BCUT2D eigenvalue weighted by atomic mass is 9.89. The number of nitrogens with zero attached hydrogens (tertiary/aromatic N) is 2. The molecule has 0 spiro atoms. The maximum atomic E-state index is 13.1. The second kappa shape index (κ2) is 6.54. The number of fused-ring (bicyclic) bond motifs is 2. The van der Waals surface area contributed by atoms with Crippen molar-refractivity contribution in [3.63, 3.8) is 0 Å². The van der Waals surface area contributed by atoms with E-state index in [1.807, 2.05) is 30.3 Å². The van der Waals surface area contributed by atoms with Gasteiger partial charge in [0.05, 0.1) is 5.92 Å². The maximum absolute atomic E-state index is 13.1. The summed E-state index contributed by atoms with van der Waals surface area (Å²) in [6.45, 7) is 0.551. The second-order valence-corrected chi connectivity index (χ2v) is 7.07. The van der Waals surface area contributed by atoms with E-state index in [0.29, 0.717) is 24.9 Å². The van der Waals surface area contributed by atoms with Crippen LogP contribution in [0.1, 0.15) is 39.4 Å². The number of aryl methyl sites for hydroxylation is 1. The van der Waals surface area contributed by atoms with Crippen LogP contribution in [0.15, 0.2) is 42.5 Å². The Balaban J connectivity index is 1.64. The number of aliphatic carboxylic acids is 1. The molecular weight excluding hydrogens is 344 g/mol. The molecule has 0 fully saturated rings. The Labute approximate surface area is 157 Å². The van der Waals surface area contributed by atoms with E-state index in [2.05, 4.69) is 0 Å². The van der Waals surface area contributed by atoms with Crippen molar-refractivity contribution in [2.75, 3.05) is 18.5 Å². The molecule has 6 heteroatoms. The first-order valence-electron chi connectivity index (χ1n) is 8.95. The van der Waals surface area contributed by atoms with Crippen LogP contribution in [0.25, 0.3) is 0 Å². The summed E-state index contributed by atoms with van der Waals surface area (Å²) in [4.78, 5) is 39.8. The number of amides is 2. The number of carbonyl (C=O) groups is 3. The normalized spacial score (nSPS) is 18.7. The van der Waals surface area contributed by atoms with Crippen molar-refractivity contribution in [2.24, 2.45) is 0 Å². The average Bonchev–Trinajstić information content (AvgIpc) is 2.69. The Kier molecular flexibility index (Phi) is 4.18. The summed E-state index contributed by atoms with van der Waals surface area (Å²) in [5, 5.41) is 9.59. The average molecular weight is 364 g/mol. The molecule has 0 saturated heterocycles. The highest BCUT2D eigenvalue weighted by Gasteiger charge is 2.33. The van der Waals surface area contributed by atoms with Crippen LogP contribution in [0.5, 0.6) is 0 Å². The SMILES string of the molecule is CN1C(=O)CCc2cc(C(=O)N3Cc4ccccc4C(C(=O)O)C3)ccc21. The molecule has 2 aromatic rings. The number of benzene rings is 2. The molecule has 0 radical (unpaired) electrons. The lowest BCUT2D eigenvalue weighted by Gasteiger charge is -2.33. The lowest BCUT2D eigenvalue weighted by Crippen LogP contribution is -2.40. The van der Waals surface area contributed by atoms with Crippen LogP contribution in [-0.4, -0.2) is 41.4 Å². The number of carboxylic acid groups (broad SMARTS) is 1. The Bertz CT molecular complexity index is 953. The number of carboxylic acids is 1. The Morgan fingerprint density at radius 1 is 1.07 bits per heavy atom. The fourth-order valence-corrected chi connectivity index (χ4v) is 3.95. The zero-order valence-electron chi connectivity index (χ0n) is 15.0. The van der Waals surface area contributed by atoms with E-state index >= 15 is 0 Å². The topological polar surface area (TPSA) is 77.9 Å². The Morgan fingerprint density at radius 3 is 2.63 bits per heavy atom. The molecule has 4 rings (SSSR count). The van der Waals surface area contributed by atoms with Gasteiger partial charge < -0.3 is 14.9 Å². The molecule has 0 saturated carbocycles. The van der Waals surface area contributed by atoms with Crippen molar-refractivity contribution in [3.05, 3.63) is 64.7 Å². The molecule has 2 heterocycles. The predicted octanol–water partition coefficient (Wildman–Crippen LogP) is 2.42. The number of anilines is 1. The molecule has 138 valence electrons. The quantitative estimate of drug-likeness (QED) is 0.888. The third-order valence-electron chi connectivity index (χ3n) is 5.45. The fraction of sp³-hybridized carbons (Fsp3) is 0.286. The second-order valence-electron chi connectivity index (χ2n) is 7.07. The molecule has 1 N–H and O–H groups in total. The van der Waals surface area contributed by atoms with Gasteiger partial charge in [-0.05, 0) is 41.3 Å². The van der Waals surface area contributed by atoms with Gasteiger partial charge in [-0.2, -0.15) is 0 Å². The molecular formula is C21H20N2O4. The standard InChI is InChI=1S/C21H20N2O4/c1-22-18-8-6-14(10-13(18)7-9-19(22)24)20(25)23-11-15-4-2-3-5-16(15)17(12-23)21(26)27/h2-6,8,10,17H,7,9,11-12H2,1H3,(H,26,27). The first-order chi connectivity index (χ1) is 13.0. The summed E-state index contributed by atoms with van der Waals surface area (Å²) in [7, 11) is 1.74. The van der Waals surface area contributed by atoms with Gasteiger partial charge >= 0.3 is 5.97 Å². The van der Waals surface area contributed by atoms with Crippen LogP contribution < -0.4 is 4.90 Å². The van der Waals surface area contributed by atoms with Crippen molar-refractivity contribution in [2.45, 2.75) is 25.3 Å². The molecule has 1 unspecified atom stereocenters. The number of hydrogen-bond acceptors (Lipinski definition) is 3. The molecule has 2 aromatic carbocycles. The van der Waals surface area contributed by atoms with Crippen molar-refractivity contribution in [1.82, 2.24) is 4.90 Å². The molecule has 2 aliphatic heterocycles. The molecule has 2 amide bonds. The van der Waals surface area contributed by atoms with E-state index in [9.17, 15) is 19.5 Å². The van der Waals surface area contributed by atoms with Crippen LogP contribution >= 0.6 is 0 Å². The van der Waals surface area contributed by atoms with Gasteiger partial charge in [0.1, 0.15) is 0 Å². The smallest absolute Gasteiger partial charge is 0.312 e. The zero-order chi connectivity index (χ0) is 19.1. The van der Waals surface area contributed by atoms with Crippen molar-refractivity contribution < 1.29 is 19.5 Å². The maximum Gasteiger partial charge on any atom is 0.312 e. The van der Waals surface area contributed by atoms with Crippen LogP contribution in [0, 0.1) is 0 Å². The molecule has 2 aliphatic rings. The van der Waals surface area contributed by atoms with Gasteiger partial charge in [-0.25, -0.2) is 0 Å². The largest absolute Gasteiger partial charge is 0.481 e. The summed E-state index contributed by atoms with van der Waals surface area (Å²) in [5.41, 5.74) is 3.97. The highest BCUT2D eigenvalue weighted by atomic mass is 16.4. The Hall–Kier alpha value is -3.15. The monoisotopic (exact) mass is 364 g/mol. The molecule has 1 atom stereocenters.